The van der Waals surface area contributed by atoms with E-state index in [-0.39, 0.29) is 32.3 Å². The number of carboxylic acids is 2. The minimum absolute atomic E-state index is 0.182. The van der Waals surface area contributed by atoms with Crippen molar-refractivity contribution in [3.8, 4) is 0 Å². The quantitative estimate of drug-likeness (QED) is 0.532. The van der Waals surface area contributed by atoms with Gasteiger partial charge >= 0.3 is 69.5 Å². The Balaban J connectivity index is 0. The first-order chi connectivity index (χ1) is 8.17. The van der Waals surface area contributed by atoms with Crippen molar-refractivity contribution in [2.24, 2.45) is 0 Å². The van der Waals surface area contributed by atoms with E-state index in [2.05, 4.69) is 41.5 Å². The number of carboxylic acid groups (broad SMARTS) is 2. The summed E-state index contributed by atoms with van der Waals surface area (Å²) >= 11 is -0.182. The summed E-state index contributed by atoms with van der Waals surface area (Å²) in [7, 11) is 0. The molecule has 0 spiro atoms. The van der Waals surface area contributed by atoms with E-state index in [0.29, 0.717) is 6.86 Å². The van der Waals surface area contributed by atoms with E-state index in [1.54, 1.807) is 0 Å². The van der Waals surface area contributed by atoms with Crippen LogP contribution in [0.1, 0.15) is 55.4 Å². The van der Waals surface area contributed by atoms with Crippen molar-refractivity contribution in [2.45, 2.75) is 62.3 Å². The monoisotopic (exact) mass is 376 g/mol. The maximum atomic E-state index is 9.99. The molecule has 0 saturated carbocycles. The number of carbonyl (C=O) groups excluding carboxylic acids is 2. The Hall–Kier alpha value is -0.521. The second-order valence-electron chi connectivity index (χ2n) is 6.45. The average Bonchev–Trinajstić information content (AvgIpc) is 2.09. The number of hydrogen-bond donors (Lipinski definition) is 0. The molecule has 0 heterocycles. The van der Waals surface area contributed by atoms with Gasteiger partial charge in [-0.05, 0) is 25.0 Å². The molecule has 0 aliphatic rings. The fraction of sp³-hybridized carbons (Fsp3) is 0.714. The van der Waals surface area contributed by atoms with E-state index in [1.165, 1.54) is 0 Å². The maximum absolute atomic E-state index is 9.99. The van der Waals surface area contributed by atoms with Crippen molar-refractivity contribution >= 4 is 33.1 Å². The zero-order chi connectivity index (χ0) is 16.0. The van der Waals surface area contributed by atoms with Gasteiger partial charge in [0.15, 0.2) is 0 Å². The van der Waals surface area contributed by atoms with Gasteiger partial charge < -0.3 is 19.8 Å². The molecule has 0 radical (unpaired) electrons. The number of hydrogen-bond acceptors (Lipinski definition) is 4. The summed E-state index contributed by atoms with van der Waals surface area (Å²) in [6.45, 7) is 16.5. The Morgan fingerprint density at radius 2 is 0.947 bits per heavy atom. The van der Waals surface area contributed by atoms with Crippen molar-refractivity contribution < 1.29 is 19.8 Å². The summed E-state index contributed by atoms with van der Waals surface area (Å²) in [5, 5.41) is 20.0. The van der Waals surface area contributed by atoms with Crippen LogP contribution in [0.4, 0.5) is 0 Å². The Morgan fingerprint density at radius 1 is 0.737 bits per heavy atom. The van der Waals surface area contributed by atoms with Crippen LogP contribution in [0, 0.1) is 0 Å². The molecule has 0 aliphatic heterocycles. The third-order valence-electron chi connectivity index (χ3n) is 1.92. The molecule has 0 bridgehead atoms. The van der Waals surface area contributed by atoms with Gasteiger partial charge in [-0.25, -0.2) is 0 Å². The first kappa shape index (κ1) is 20.8. The zero-order valence-corrected chi connectivity index (χ0v) is 16.0. The molecule has 19 heavy (non-hydrogen) atoms. The molecular weight excluding hydrogens is 351 g/mol. The van der Waals surface area contributed by atoms with Gasteiger partial charge in [0.2, 0.25) is 0 Å². The van der Waals surface area contributed by atoms with Crippen LogP contribution >= 0.6 is 0 Å². The summed E-state index contributed by atoms with van der Waals surface area (Å²) in [4.78, 5) is 20.0. The fourth-order valence-electron chi connectivity index (χ4n) is 1.43. The molecule has 4 nitrogen and oxygen atoms in total. The van der Waals surface area contributed by atoms with Crippen LogP contribution in [0.5, 0.6) is 0 Å². The topological polar surface area (TPSA) is 80.3 Å². The van der Waals surface area contributed by atoms with Crippen LogP contribution in [0.25, 0.3) is 0 Å². The van der Waals surface area contributed by atoms with Crippen molar-refractivity contribution in [3.05, 3.63) is 11.1 Å². The third-order valence-corrected chi connectivity index (χ3v) is 6.21. The minimum atomic E-state index is -1.48. The zero-order valence-electron chi connectivity index (χ0n) is 13.1. The summed E-state index contributed by atoms with van der Waals surface area (Å²) in [6.07, 6.45) is 0. The van der Waals surface area contributed by atoms with Crippen molar-refractivity contribution in [1.82, 2.24) is 0 Å². The van der Waals surface area contributed by atoms with Crippen LogP contribution in [-0.2, 0) is 9.59 Å². The van der Waals surface area contributed by atoms with Gasteiger partial charge in [0.1, 0.15) is 0 Å². The molecule has 0 N–H and O–H groups in total. The molecule has 5 heteroatoms. The summed E-state index contributed by atoms with van der Waals surface area (Å²) in [5.41, 5.74) is -0.611. The van der Waals surface area contributed by atoms with Crippen molar-refractivity contribution in [3.63, 3.8) is 0 Å². The standard InChI is InChI=1S/C6H8O4.2C4H9.Sn/c1-3(5(7)8)4(2)6(9)10;2*1-4(2)3;/h1-2H3,(H,7,8)(H,9,10);2*1-3H3;/q;;;+2/p-2/b4-3-;;;. The molecule has 108 valence electrons. The second-order valence-corrected chi connectivity index (χ2v) is 15.7. The predicted octanol–water partition coefficient (Wildman–Crippen LogP) is 0.950. The summed E-state index contributed by atoms with van der Waals surface area (Å²) < 4.78 is 1.31. The van der Waals surface area contributed by atoms with E-state index in [1.807, 2.05) is 0 Å². The number of aliphatic carboxylic acids is 2. The summed E-state index contributed by atoms with van der Waals surface area (Å²) in [6, 6.07) is 0. The van der Waals surface area contributed by atoms with Crippen molar-refractivity contribution in [1.29, 1.82) is 0 Å². The van der Waals surface area contributed by atoms with Crippen molar-refractivity contribution in [2.75, 3.05) is 0 Å². The predicted molar refractivity (Wildman–Crippen MR) is 73.6 cm³/mol. The van der Waals surface area contributed by atoms with E-state index < -0.39 is 11.9 Å². The molecule has 0 aromatic carbocycles. The van der Waals surface area contributed by atoms with E-state index in [4.69, 9.17) is 0 Å². The molecular formula is C14H24O4Sn. The van der Waals surface area contributed by atoms with Crippen LogP contribution in [0.2, 0.25) is 6.86 Å². The van der Waals surface area contributed by atoms with Gasteiger partial charge in [-0.15, -0.1) is 0 Å². The second kappa shape index (κ2) is 7.92. The number of carbonyl (C=O) groups is 2. The molecule has 0 saturated heterocycles. The average molecular weight is 375 g/mol. The third kappa shape index (κ3) is 13.7. The Bertz CT molecular complexity index is 323. The van der Waals surface area contributed by atoms with Gasteiger partial charge in [-0.3, -0.25) is 0 Å². The van der Waals surface area contributed by atoms with Gasteiger partial charge in [-0.2, -0.15) is 0 Å². The van der Waals surface area contributed by atoms with E-state index in [0.717, 1.165) is 13.8 Å². The molecule has 0 fully saturated rings. The van der Waals surface area contributed by atoms with Crippen LogP contribution in [0.3, 0.4) is 0 Å². The van der Waals surface area contributed by atoms with Gasteiger partial charge in [0, 0.05) is 0 Å². The molecule has 0 aromatic heterocycles. The van der Waals surface area contributed by atoms with E-state index in [9.17, 15) is 19.8 Å². The Morgan fingerprint density at radius 3 is 1.00 bits per heavy atom. The van der Waals surface area contributed by atoms with Crippen LogP contribution in [-0.4, -0.2) is 33.1 Å². The van der Waals surface area contributed by atoms with Gasteiger partial charge in [-0.1, -0.05) is 0 Å². The number of rotatable bonds is 2. The van der Waals surface area contributed by atoms with Crippen LogP contribution in [0.15, 0.2) is 11.1 Å². The molecule has 0 rings (SSSR count). The SMILES string of the molecule is C/C(C(=O)[O-])=C(\C)C(=O)[O-].C[C](C)(C)[Sn+2][C](C)(C)C. The fourth-order valence-corrected chi connectivity index (χ4v) is 7.85. The Labute approximate surface area is 126 Å². The van der Waals surface area contributed by atoms with Crippen LogP contribution < -0.4 is 10.2 Å². The first-order valence-corrected chi connectivity index (χ1v) is 8.92. The normalized spacial score (nSPS) is 12.6. The molecule has 0 aliphatic carbocycles. The molecule has 0 atom stereocenters. The molecule has 0 unspecified atom stereocenters. The molecule has 0 amide bonds. The first-order valence-electron chi connectivity index (χ1n) is 6.07. The molecule has 0 aromatic rings. The summed E-state index contributed by atoms with van der Waals surface area (Å²) in [5.74, 6) is -2.97. The van der Waals surface area contributed by atoms with E-state index >= 15 is 0 Å². The van der Waals surface area contributed by atoms with Gasteiger partial charge in [0.05, 0.1) is 11.9 Å². The Kier molecular flexibility index (Phi) is 8.67. The van der Waals surface area contributed by atoms with Gasteiger partial charge in [0.25, 0.3) is 0 Å².